The van der Waals surface area contributed by atoms with Crippen LogP contribution in [0, 0.1) is 5.92 Å². The Morgan fingerprint density at radius 3 is 2.79 bits per heavy atom. The second kappa shape index (κ2) is 6.37. The Morgan fingerprint density at radius 2 is 2.11 bits per heavy atom. The van der Waals surface area contributed by atoms with Crippen LogP contribution >= 0.6 is 15.9 Å². The lowest BCUT2D eigenvalue weighted by molar-refractivity contribution is 0.407. The molecule has 1 aromatic rings. The van der Waals surface area contributed by atoms with Gasteiger partial charge in [-0.1, -0.05) is 35.3 Å². The van der Waals surface area contributed by atoms with E-state index in [4.69, 9.17) is 0 Å². The minimum atomic E-state index is -3.34. The quantitative estimate of drug-likeness (QED) is 0.838. The zero-order chi connectivity index (χ0) is 13.9. The average Bonchev–Trinajstić information content (AvgIpc) is 2.64. The van der Waals surface area contributed by atoms with E-state index in [0.717, 1.165) is 30.2 Å². The van der Waals surface area contributed by atoms with Gasteiger partial charge in [0.15, 0.2) is 0 Å². The summed E-state index contributed by atoms with van der Waals surface area (Å²) in [6.45, 7) is 3.47. The molecule has 3 nitrogen and oxygen atoms in total. The fourth-order valence-electron chi connectivity index (χ4n) is 2.56. The molecule has 1 heterocycles. The highest BCUT2D eigenvalue weighted by atomic mass is 79.9. The van der Waals surface area contributed by atoms with E-state index < -0.39 is 10.0 Å². The molecule has 106 valence electrons. The second-order valence-corrected chi connectivity index (χ2v) is 7.92. The van der Waals surface area contributed by atoms with Crippen LogP contribution in [0.3, 0.4) is 0 Å². The highest BCUT2D eigenvalue weighted by molar-refractivity contribution is 9.10. The molecule has 0 aromatic heterocycles. The minimum absolute atomic E-state index is 0.386. The molecule has 1 aliphatic rings. The molecule has 0 radical (unpaired) electrons. The van der Waals surface area contributed by atoms with Crippen LogP contribution in [-0.4, -0.2) is 25.8 Å². The lowest BCUT2D eigenvalue weighted by atomic mass is 9.98. The minimum Gasteiger partial charge on any atom is -0.207 e. The first-order valence-electron chi connectivity index (χ1n) is 6.79. The van der Waals surface area contributed by atoms with E-state index in [2.05, 4.69) is 22.9 Å². The molecule has 0 N–H and O–H groups in total. The van der Waals surface area contributed by atoms with Crippen LogP contribution in [0.4, 0.5) is 0 Å². The lowest BCUT2D eigenvalue weighted by Crippen LogP contribution is -2.32. The largest absolute Gasteiger partial charge is 0.243 e. The van der Waals surface area contributed by atoms with Gasteiger partial charge in [-0.05, 0) is 43.4 Å². The van der Waals surface area contributed by atoms with Crippen molar-refractivity contribution in [2.45, 2.75) is 37.5 Å². The summed E-state index contributed by atoms with van der Waals surface area (Å²) in [6.07, 6.45) is 4.22. The number of halogens is 1. The van der Waals surface area contributed by atoms with Gasteiger partial charge >= 0.3 is 0 Å². The van der Waals surface area contributed by atoms with Gasteiger partial charge in [0.2, 0.25) is 10.0 Å². The summed E-state index contributed by atoms with van der Waals surface area (Å²) in [7, 11) is -3.34. The molecule has 0 spiro atoms. The normalized spacial score (nSPS) is 22.1. The molecule has 1 aliphatic heterocycles. The zero-order valence-corrected chi connectivity index (χ0v) is 13.6. The topological polar surface area (TPSA) is 37.4 Å². The third-order valence-electron chi connectivity index (χ3n) is 3.82. The van der Waals surface area contributed by atoms with Gasteiger partial charge in [-0.15, -0.1) is 0 Å². The standard InChI is InChI=1S/C14H20BrNO2S/c1-2-12-5-4-9-16(10-8-12)19(17,18)14-7-3-6-13(15)11-14/h3,6-7,11-12H,2,4-5,8-10H2,1H3. The van der Waals surface area contributed by atoms with E-state index in [-0.39, 0.29) is 0 Å². The van der Waals surface area contributed by atoms with Crippen LogP contribution in [0.15, 0.2) is 33.6 Å². The maximum Gasteiger partial charge on any atom is 0.243 e. The summed E-state index contributed by atoms with van der Waals surface area (Å²) >= 11 is 3.33. The van der Waals surface area contributed by atoms with Gasteiger partial charge in [-0.3, -0.25) is 0 Å². The second-order valence-electron chi connectivity index (χ2n) is 5.07. The van der Waals surface area contributed by atoms with Crippen molar-refractivity contribution in [2.24, 2.45) is 5.92 Å². The van der Waals surface area contributed by atoms with Crippen molar-refractivity contribution in [1.82, 2.24) is 4.31 Å². The summed E-state index contributed by atoms with van der Waals surface area (Å²) in [5, 5.41) is 0. The van der Waals surface area contributed by atoms with E-state index in [1.165, 1.54) is 0 Å². The molecule has 2 rings (SSSR count). The molecular weight excluding hydrogens is 326 g/mol. The Balaban J connectivity index is 2.20. The van der Waals surface area contributed by atoms with Gasteiger partial charge in [-0.2, -0.15) is 4.31 Å². The highest BCUT2D eigenvalue weighted by Crippen LogP contribution is 2.25. The Hall–Kier alpha value is -0.390. The molecule has 0 saturated carbocycles. The van der Waals surface area contributed by atoms with Gasteiger partial charge in [0.25, 0.3) is 0 Å². The van der Waals surface area contributed by atoms with Crippen LogP contribution < -0.4 is 0 Å². The average molecular weight is 346 g/mol. The molecule has 0 bridgehead atoms. The number of benzene rings is 1. The molecule has 19 heavy (non-hydrogen) atoms. The summed E-state index contributed by atoms with van der Waals surface area (Å²) in [4.78, 5) is 0.386. The van der Waals surface area contributed by atoms with Gasteiger partial charge in [0.1, 0.15) is 0 Å². The smallest absolute Gasteiger partial charge is 0.207 e. The first kappa shape index (κ1) is 15.0. The molecule has 1 aromatic carbocycles. The summed E-state index contributed by atoms with van der Waals surface area (Å²) < 4.78 is 27.6. The van der Waals surface area contributed by atoms with Gasteiger partial charge < -0.3 is 0 Å². The molecule has 1 saturated heterocycles. The lowest BCUT2D eigenvalue weighted by Gasteiger charge is -2.20. The number of sulfonamides is 1. The highest BCUT2D eigenvalue weighted by Gasteiger charge is 2.27. The van der Waals surface area contributed by atoms with Crippen molar-refractivity contribution >= 4 is 26.0 Å². The summed E-state index contributed by atoms with van der Waals surface area (Å²) in [6, 6.07) is 6.96. The van der Waals surface area contributed by atoms with Gasteiger partial charge in [0.05, 0.1) is 4.90 Å². The van der Waals surface area contributed by atoms with Crippen LogP contribution in [0.1, 0.15) is 32.6 Å². The van der Waals surface area contributed by atoms with Crippen LogP contribution in [0.2, 0.25) is 0 Å². The van der Waals surface area contributed by atoms with E-state index in [1.807, 2.05) is 6.07 Å². The third kappa shape index (κ3) is 3.58. The molecule has 5 heteroatoms. The number of hydrogen-bond donors (Lipinski definition) is 0. The molecule has 0 amide bonds. The van der Waals surface area contributed by atoms with E-state index in [9.17, 15) is 8.42 Å². The van der Waals surface area contributed by atoms with Crippen molar-refractivity contribution in [1.29, 1.82) is 0 Å². The Bertz CT molecular complexity index is 530. The number of hydrogen-bond acceptors (Lipinski definition) is 2. The maximum atomic E-state index is 12.6. The SMILES string of the molecule is CCC1CCCN(S(=O)(=O)c2cccc(Br)c2)CC1. The van der Waals surface area contributed by atoms with E-state index in [0.29, 0.717) is 23.9 Å². The van der Waals surface area contributed by atoms with Crippen molar-refractivity contribution in [3.8, 4) is 0 Å². The molecule has 1 unspecified atom stereocenters. The van der Waals surface area contributed by atoms with E-state index >= 15 is 0 Å². The number of rotatable bonds is 3. The third-order valence-corrected chi connectivity index (χ3v) is 6.21. The molecule has 0 aliphatic carbocycles. The van der Waals surface area contributed by atoms with Crippen molar-refractivity contribution in [2.75, 3.05) is 13.1 Å². The first-order valence-corrected chi connectivity index (χ1v) is 9.03. The van der Waals surface area contributed by atoms with Crippen molar-refractivity contribution in [3.05, 3.63) is 28.7 Å². The number of nitrogens with zero attached hydrogens (tertiary/aromatic N) is 1. The monoisotopic (exact) mass is 345 g/mol. The van der Waals surface area contributed by atoms with Crippen molar-refractivity contribution < 1.29 is 8.42 Å². The first-order chi connectivity index (χ1) is 9.04. The van der Waals surface area contributed by atoms with Crippen LogP contribution in [0.5, 0.6) is 0 Å². The summed E-state index contributed by atoms with van der Waals surface area (Å²) in [5.74, 6) is 0.669. The van der Waals surface area contributed by atoms with Crippen LogP contribution in [0.25, 0.3) is 0 Å². The molecule has 1 atom stereocenters. The predicted molar refractivity (Wildman–Crippen MR) is 80.5 cm³/mol. The Labute approximate surface area is 124 Å². The molecular formula is C14H20BrNO2S. The Morgan fingerprint density at radius 1 is 1.32 bits per heavy atom. The zero-order valence-electron chi connectivity index (χ0n) is 11.2. The van der Waals surface area contributed by atoms with E-state index in [1.54, 1.807) is 22.5 Å². The fourth-order valence-corrected chi connectivity index (χ4v) is 4.65. The van der Waals surface area contributed by atoms with Gasteiger partial charge in [-0.25, -0.2) is 8.42 Å². The molecule has 1 fully saturated rings. The maximum absolute atomic E-state index is 12.6. The summed E-state index contributed by atoms with van der Waals surface area (Å²) in [5.41, 5.74) is 0. The predicted octanol–water partition coefficient (Wildman–Crippen LogP) is 3.65. The van der Waals surface area contributed by atoms with Crippen LogP contribution in [-0.2, 0) is 10.0 Å². The van der Waals surface area contributed by atoms with Gasteiger partial charge in [0, 0.05) is 17.6 Å². The Kier molecular flexibility index (Phi) is 5.03. The van der Waals surface area contributed by atoms with Crippen molar-refractivity contribution in [3.63, 3.8) is 0 Å². The fraction of sp³-hybridized carbons (Fsp3) is 0.571.